The molecule has 0 radical (unpaired) electrons. The van der Waals surface area contributed by atoms with E-state index in [1.807, 2.05) is 42.5 Å². The van der Waals surface area contributed by atoms with Gasteiger partial charge in [-0.25, -0.2) is 4.79 Å². The van der Waals surface area contributed by atoms with Crippen LogP contribution in [0.15, 0.2) is 48.5 Å². The lowest BCUT2D eigenvalue weighted by molar-refractivity contribution is -0.154. The third kappa shape index (κ3) is 6.36. The number of hydrogen-bond donors (Lipinski definition) is 2. The fourth-order valence-electron chi connectivity index (χ4n) is 3.42. The number of aliphatic carboxylic acids is 1. The molecular formula is C27H36O4. The summed E-state index contributed by atoms with van der Waals surface area (Å²) < 4.78 is 5.79. The van der Waals surface area contributed by atoms with E-state index in [4.69, 9.17) is 4.74 Å². The van der Waals surface area contributed by atoms with Gasteiger partial charge in [0.25, 0.3) is 0 Å². The molecule has 0 aliphatic rings. The maximum Gasteiger partial charge on any atom is 0.347 e. The van der Waals surface area contributed by atoms with Gasteiger partial charge in [-0.05, 0) is 54.0 Å². The Hall–Kier alpha value is -2.75. The van der Waals surface area contributed by atoms with Crippen LogP contribution in [0.25, 0.3) is 6.08 Å². The Morgan fingerprint density at radius 1 is 0.935 bits per heavy atom. The number of phenolic OH excluding ortho intramolecular Hbond substituents is 1. The number of phenols is 1. The summed E-state index contributed by atoms with van der Waals surface area (Å²) in [4.78, 5) is 11.9. The van der Waals surface area contributed by atoms with Crippen molar-refractivity contribution < 1.29 is 19.7 Å². The fourth-order valence-corrected chi connectivity index (χ4v) is 3.42. The largest absolute Gasteiger partial charge is 0.507 e. The number of para-hydroxylation sites is 1. The molecular weight excluding hydrogens is 388 g/mol. The highest BCUT2D eigenvalue weighted by atomic mass is 16.5. The molecule has 2 rings (SSSR count). The number of rotatable bonds is 7. The van der Waals surface area contributed by atoms with Gasteiger partial charge < -0.3 is 14.9 Å². The molecule has 4 nitrogen and oxygen atoms in total. The van der Waals surface area contributed by atoms with Crippen molar-refractivity contribution in [3.63, 3.8) is 0 Å². The van der Waals surface area contributed by atoms with Crippen LogP contribution in [0.4, 0.5) is 0 Å². The van der Waals surface area contributed by atoms with Crippen LogP contribution in [0.3, 0.4) is 0 Å². The first-order chi connectivity index (χ1) is 14.2. The highest BCUT2D eigenvalue weighted by Gasteiger charge is 2.34. The summed E-state index contributed by atoms with van der Waals surface area (Å²) in [6.45, 7) is 14.1. The van der Waals surface area contributed by atoms with E-state index in [-0.39, 0.29) is 10.8 Å². The van der Waals surface area contributed by atoms with Crippen LogP contribution in [-0.4, -0.2) is 21.8 Å². The van der Waals surface area contributed by atoms with Crippen LogP contribution in [0.1, 0.15) is 78.0 Å². The van der Waals surface area contributed by atoms with E-state index < -0.39 is 11.6 Å². The lowest BCUT2D eigenvalue weighted by Gasteiger charge is -2.28. The number of allylic oxidation sites excluding steroid dienone is 1. The second kappa shape index (κ2) is 9.17. The number of ether oxygens (including phenoxy) is 1. The Morgan fingerprint density at radius 3 is 1.90 bits per heavy atom. The average molecular weight is 425 g/mol. The molecule has 0 fully saturated rings. The number of carboxylic acid groups (broad SMARTS) is 1. The summed E-state index contributed by atoms with van der Waals surface area (Å²) in [7, 11) is 0. The van der Waals surface area contributed by atoms with Crippen LogP contribution in [0.2, 0.25) is 0 Å². The predicted octanol–water partition coefficient (Wildman–Crippen LogP) is 6.70. The third-order valence-electron chi connectivity index (χ3n) is 5.39. The van der Waals surface area contributed by atoms with Crippen LogP contribution < -0.4 is 4.74 Å². The molecule has 31 heavy (non-hydrogen) atoms. The van der Waals surface area contributed by atoms with Crippen LogP contribution in [0.5, 0.6) is 11.5 Å². The third-order valence-corrected chi connectivity index (χ3v) is 5.39. The molecule has 0 heterocycles. The molecule has 1 unspecified atom stereocenters. The number of benzene rings is 2. The zero-order chi connectivity index (χ0) is 23.4. The Morgan fingerprint density at radius 2 is 1.45 bits per heavy atom. The summed E-state index contributed by atoms with van der Waals surface area (Å²) in [5.41, 5.74) is 1.10. The Kier molecular flexibility index (Phi) is 7.25. The fraction of sp³-hybridized carbons (Fsp3) is 0.444. The van der Waals surface area contributed by atoms with Gasteiger partial charge in [-0.15, -0.1) is 0 Å². The maximum atomic E-state index is 11.9. The molecule has 2 N–H and O–H groups in total. The highest BCUT2D eigenvalue weighted by Crippen LogP contribution is 2.40. The van der Waals surface area contributed by atoms with E-state index >= 15 is 0 Å². The van der Waals surface area contributed by atoms with Gasteiger partial charge in [0.1, 0.15) is 11.5 Å². The van der Waals surface area contributed by atoms with Gasteiger partial charge in [0, 0.05) is 17.5 Å². The smallest absolute Gasteiger partial charge is 0.347 e. The Balaban J connectivity index is 2.24. The highest BCUT2D eigenvalue weighted by molar-refractivity contribution is 5.77. The summed E-state index contributed by atoms with van der Waals surface area (Å²) in [5.74, 6) is -0.0918. The van der Waals surface area contributed by atoms with Gasteiger partial charge in [0.15, 0.2) is 0 Å². The van der Waals surface area contributed by atoms with E-state index in [1.54, 1.807) is 19.1 Å². The molecule has 2 aromatic carbocycles. The standard InChI is InChI=1S/C27H36O4/c1-25(2,3)21-17-19(18-22(23(21)28)26(4,5)6)13-11-12-16-27(7,24(29)30)31-20-14-9-8-10-15-20/h8-11,13-15,17-18,28H,12,16H2,1-7H3,(H,29,30). The number of carbonyl (C=O) groups is 1. The molecule has 0 spiro atoms. The molecule has 0 saturated carbocycles. The van der Waals surface area contributed by atoms with E-state index in [9.17, 15) is 15.0 Å². The van der Waals surface area contributed by atoms with E-state index in [2.05, 4.69) is 41.5 Å². The molecule has 0 amide bonds. The molecule has 0 saturated heterocycles. The first kappa shape index (κ1) is 24.5. The van der Waals surface area contributed by atoms with Crippen molar-refractivity contribution in [3.05, 3.63) is 65.2 Å². The zero-order valence-corrected chi connectivity index (χ0v) is 19.8. The first-order valence-electron chi connectivity index (χ1n) is 10.8. The van der Waals surface area contributed by atoms with Gasteiger partial charge in [0.2, 0.25) is 5.60 Å². The normalized spacial score (nSPS) is 14.4. The van der Waals surface area contributed by atoms with Crippen molar-refractivity contribution in [2.45, 2.75) is 77.7 Å². The van der Waals surface area contributed by atoms with E-state index in [1.165, 1.54) is 0 Å². The van der Waals surface area contributed by atoms with Gasteiger partial charge in [-0.2, -0.15) is 0 Å². The minimum atomic E-state index is -1.31. The predicted molar refractivity (Wildman–Crippen MR) is 127 cm³/mol. The first-order valence-corrected chi connectivity index (χ1v) is 10.8. The molecule has 0 aliphatic heterocycles. The van der Waals surface area contributed by atoms with Crippen LogP contribution >= 0.6 is 0 Å². The maximum absolute atomic E-state index is 11.9. The molecule has 0 aromatic heterocycles. The minimum Gasteiger partial charge on any atom is -0.507 e. The zero-order valence-electron chi connectivity index (χ0n) is 19.8. The summed E-state index contributed by atoms with van der Waals surface area (Å²) >= 11 is 0. The second-order valence-electron chi connectivity index (χ2n) is 10.4. The van der Waals surface area contributed by atoms with E-state index in [0.29, 0.717) is 24.3 Å². The monoisotopic (exact) mass is 424 g/mol. The Labute approximate surface area is 186 Å². The minimum absolute atomic E-state index is 0.195. The lowest BCUT2D eigenvalue weighted by atomic mass is 9.78. The molecule has 2 aromatic rings. The van der Waals surface area contributed by atoms with Crippen molar-refractivity contribution in [2.75, 3.05) is 0 Å². The van der Waals surface area contributed by atoms with Crippen LogP contribution in [-0.2, 0) is 15.6 Å². The van der Waals surface area contributed by atoms with E-state index in [0.717, 1.165) is 16.7 Å². The topological polar surface area (TPSA) is 66.8 Å². The van der Waals surface area contributed by atoms with Crippen molar-refractivity contribution in [1.29, 1.82) is 0 Å². The molecule has 4 heteroatoms. The van der Waals surface area contributed by atoms with Crippen molar-refractivity contribution in [3.8, 4) is 11.5 Å². The van der Waals surface area contributed by atoms with Crippen molar-refractivity contribution >= 4 is 12.0 Å². The van der Waals surface area contributed by atoms with Gasteiger partial charge in [0.05, 0.1) is 0 Å². The SMILES string of the molecule is CC(CCC=Cc1cc(C(C)(C)C)c(O)c(C(C)(C)C)c1)(Oc1ccccc1)C(=O)O. The molecule has 1 atom stereocenters. The quantitative estimate of drug-likeness (QED) is 0.519. The summed E-state index contributed by atoms with van der Waals surface area (Å²) in [6, 6.07) is 13.0. The van der Waals surface area contributed by atoms with Crippen molar-refractivity contribution in [2.24, 2.45) is 0 Å². The van der Waals surface area contributed by atoms with Crippen molar-refractivity contribution in [1.82, 2.24) is 0 Å². The van der Waals surface area contributed by atoms with Crippen LogP contribution in [0, 0.1) is 0 Å². The number of hydrogen-bond acceptors (Lipinski definition) is 3. The number of carboxylic acids is 1. The summed E-state index contributed by atoms with van der Waals surface area (Å²) in [6.07, 6.45) is 4.85. The average Bonchev–Trinajstić information content (AvgIpc) is 2.65. The second-order valence-corrected chi connectivity index (χ2v) is 10.4. The number of aromatic hydroxyl groups is 1. The molecule has 0 bridgehead atoms. The molecule has 0 aliphatic carbocycles. The summed E-state index contributed by atoms with van der Waals surface area (Å²) in [5, 5.41) is 20.6. The Bertz CT molecular complexity index is 895. The van der Waals surface area contributed by atoms with Gasteiger partial charge in [-0.1, -0.05) is 71.9 Å². The molecule has 168 valence electrons. The van der Waals surface area contributed by atoms with Gasteiger partial charge in [-0.3, -0.25) is 0 Å². The van der Waals surface area contributed by atoms with Gasteiger partial charge >= 0.3 is 5.97 Å². The lowest BCUT2D eigenvalue weighted by Crippen LogP contribution is -2.41.